The first-order valence-electron chi connectivity index (χ1n) is 6.88. The van der Waals surface area contributed by atoms with Crippen LogP contribution < -0.4 is 5.32 Å². The molecule has 1 aromatic carbocycles. The predicted octanol–water partition coefficient (Wildman–Crippen LogP) is 4.70. The van der Waals surface area contributed by atoms with E-state index in [9.17, 15) is 4.39 Å². The summed E-state index contributed by atoms with van der Waals surface area (Å²) in [5, 5.41) is 4.28. The van der Waals surface area contributed by atoms with Gasteiger partial charge in [0.2, 0.25) is 0 Å². The molecule has 20 heavy (non-hydrogen) atoms. The second-order valence-corrected chi connectivity index (χ2v) is 6.81. The van der Waals surface area contributed by atoms with E-state index in [0.29, 0.717) is 11.6 Å². The molecule has 1 aliphatic rings. The smallest absolute Gasteiger partial charge is 0.134 e. The van der Waals surface area contributed by atoms with Crippen LogP contribution in [0.1, 0.15) is 36.4 Å². The van der Waals surface area contributed by atoms with Gasteiger partial charge in [0, 0.05) is 15.4 Å². The Hall–Kier alpha value is -0.780. The lowest BCUT2D eigenvalue weighted by Crippen LogP contribution is -2.23. The largest absolute Gasteiger partial charge is 0.309 e. The van der Waals surface area contributed by atoms with E-state index in [0.717, 1.165) is 41.0 Å². The van der Waals surface area contributed by atoms with Crippen LogP contribution in [0.3, 0.4) is 0 Å². The third-order valence-electron chi connectivity index (χ3n) is 3.58. The van der Waals surface area contributed by atoms with Gasteiger partial charge in [-0.25, -0.2) is 9.37 Å². The molecule has 0 bridgehead atoms. The number of hydrogen-bond acceptors (Lipinski definition) is 3. The van der Waals surface area contributed by atoms with Crippen molar-refractivity contribution in [1.82, 2.24) is 10.3 Å². The van der Waals surface area contributed by atoms with Gasteiger partial charge >= 0.3 is 0 Å². The Balaban J connectivity index is 2.05. The zero-order valence-electron chi connectivity index (χ0n) is 11.2. The van der Waals surface area contributed by atoms with Gasteiger partial charge in [-0.05, 0) is 53.9 Å². The van der Waals surface area contributed by atoms with E-state index in [1.54, 1.807) is 17.4 Å². The van der Waals surface area contributed by atoms with Crippen molar-refractivity contribution < 1.29 is 4.39 Å². The summed E-state index contributed by atoms with van der Waals surface area (Å²) in [5.41, 5.74) is 1.72. The molecule has 2 nitrogen and oxygen atoms in total. The number of hydrogen-bond donors (Lipinski definition) is 1. The summed E-state index contributed by atoms with van der Waals surface area (Å²) in [4.78, 5) is 5.96. The highest BCUT2D eigenvalue weighted by Gasteiger charge is 2.25. The second kappa shape index (κ2) is 5.92. The maximum atomic E-state index is 14.1. The number of halogens is 2. The number of aromatic nitrogens is 1. The summed E-state index contributed by atoms with van der Waals surface area (Å²) >= 11 is 5.06. The fourth-order valence-electron chi connectivity index (χ4n) is 2.67. The van der Waals surface area contributed by atoms with Crippen molar-refractivity contribution in [1.29, 1.82) is 0 Å². The second-order valence-electron chi connectivity index (χ2n) is 4.93. The van der Waals surface area contributed by atoms with Gasteiger partial charge in [-0.1, -0.05) is 13.0 Å². The molecule has 0 fully saturated rings. The zero-order valence-corrected chi connectivity index (χ0v) is 13.7. The van der Waals surface area contributed by atoms with Crippen LogP contribution in [-0.4, -0.2) is 11.5 Å². The topological polar surface area (TPSA) is 24.9 Å². The maximum Gasteiger partial charge on any atom is 0.134 e. The molecule has 0 radical (unpaired) electrons. The molecule has 0 saturated carbocycles. The fraction of sp³-hybridized carbons (Fsp3) is 0.400. The zero-order chi connectivity index (χ0) is 14.1. The van der Waals surface area contributed by atoms with E-state index in [-0.39, 0.29) is 5.82 Å². The first kappa shape index (κ1) is 14.2. The van der Waals surface area contributed by atoms with Crippen LogP contribution in [0.25, 0.3) is 10.6 Å². The van der Waals surface area contributed by atoms with Crippen molar-refractivity contribution in [3.8, 4) is 10.6 Å². The molecule has 106 valence electrons. The van der Waals surface area contributed by atoms with E-state index in [4.69, 9.17) is 0 Å². The van der Waals surface area contributed by atoms with Crippen molar-refractivity contribution in [3.05, 3.63) is 39.1 Å². The monoisotopic (exact) mass is 354 g/mol. The molecule has 1 unspecified atom stereocenters. The molecule has 5 heteroatoms. The van der Waals surface area contributed by atoms with Crippen molar-refractivity contribution >= 4 is 27.3 Å². The Morgan fingerprint density at radius 1 is 1.50 bits per heavy atom. The minimum Gasteiger partial charge on any atom is -0.309 e. The summed E-state index contributed by atoms with van der Waals surface area (Å²) in [6.07, 6.45) is 3.28. The summed E-state index contributed by atoms with van der Waals surface area (Å²) in [5.74, 6) is -0.217. The van der Waals surface area contributed by atoms with Gasteiger partial charge in [-0.3, -0.25) is 0 Å². The lowest BCUT2D eigenvalue weighted by atomic mass is 9.98. The van der Waals surface area contributed by atoms with Gasteiger partial charge in [-0.15, -0.1) is 11.3 Å². The summed E-state index contributed by atoms with van der Waals surface area (Å²) in [7, 11) is 0. The van der Waals surface area contributed by atoms with Gasteiger partial charge in [0.25, 0.3) is 0 Å². The molecule has 2 aromatic rings. The highest BCUT2D eigenvalue weighted by molar-refractivity contribution is 9.10. The molecule has 1 aliphatic carbocycles. The lowest BCUT2D eigenvalue weighted by molar-refractivity contribution is 0.476. The standard InChI is InChI=1S/C15H16BrFN2S/c1-2-18-11-7-4-8-12-14(11)20-15(19-12)13-9(16)5-3-6-10(13)17/h3,5-6,11,18H,2,4,7-8H2,1H3. The number of nitrogens with zero attached hydrogens (tertiary/aromatic N) is 1. The number of fused-ring (bicyclic) bond motifs is 1. The van der Waals surface area contributed by atoms with E-state index in [2.05, 4.69) is 33.2 Å². The molecule has 1 aromatic heterocycles. The Morgan fingerprint density at radius 2 is 2.35 bits per heavy atom. The molecule has 1 N–H and O–H groups in total. The number of thiazole rings is 1. The minimum absolute atomic E-state index is 0.217. The lowest BCUT2D eigenvalue weighted by Gasteiger charge is -2.21. The number of aryl methyl sites for hydroxylation is 1. The summed E-state index contributed by atoms with van der Waals surface area (Å²) in [6, 6.07) is 5.43. The average molecular weight is 355 g/mol. The Morgan fingerprint density at radius 3 is 3.10 bits per heavy atom. The molecule has 0 amide bonds. The maximum absolute atomic E-state index is 14.1. The molecule has 3 rings (SSSR count). The third-order valence-corrected chi connectivity index (χ3v) is 5.47. The first-order valence-corrected chi connectivity index (χ1v) is 8.49. The number of rotatable bonds is 3. The van der Waals surface area contributed by atoms with Crippen molar-refractivity contribution in [3.63, 3.8) is 0 Å². The minimum atomic E-state index is -0.217. The van der Waals surface area contributed by atoms with E-state index in [1.807, 2.05) is 6.07 Å². The normalized spacial score (nSPS) is 18.1. The quantitative estimate of drug-likeness (QED) is 0.863. The highest BCUT2D eigenvalue weighted by atomic mass is 79.9. The van der Waals surface area contributed by atoms with Crippen molar-refractivity contribution in [2.24, 2.45) is 0 Å². The van der Waals surface area contributed by atoms with Crippen LogP contribution in [0.2, 0.25) is 0 Å². The molecular weight excluding hydrogens is 339 g/mol. The van der Waals surface area contributed by atoms with Gasteiger partial charge < -0.3 is 5.32 Å². The SMILES string of the molecule is CCNC1CCCc2nc(-c3c(F)cccc3Br)sc21. The third kappa shape index (κ3) is 2.54. The number of benzene rings is 1. The van der Waals surface area contributed by atoms with E-state index in [1.165, 1.54) is 10.9 Å². The van der Waals surface area contributed by atoms with Gasteiger partial charge in [-0.2, -0.15) is 0 Å². The van der Waals surface area contributed by atoms with E-state index >= 15 is 0 Å². The Labute approximate surface area is 130 Å². The summed E-state index contributed by atoms with van der Waals surface area (Å²) in [6.45, 7) is 3.06. The van der Waals surface area contributed by atoms with Crippen LogP contribution in [0.15, 0.2) is 22.7 Å². The van der Waals surface area contributed by atoms with Crippen LogP contribution in [0, 0.1) is 5.82 Å². The molecule has 0 spiro atoms. The average Bonchev–Trinajstić information content (AvgIpc) is 2.83. The van der Waals surface area contributed by atoms with Gasteiger partial charge in [0.05, 0.1) is 11.3 Å². The molecule has 1 atom stereocenters. The van der Waals surface area contributed by atoms with Crippen molar-refractivity contribution in [2.75, 3.05) is 6.54 Å². The Bertz CT molecular complexity index is 606. The van der Waals surface area contributed by atoms with Crippen LogP contribution in [-0.2, 0) is 6.42 Å². The molecule has 0 aliphatic heterocycles. The molecular formula is C15H16BrFN2S. The fourth-order valence-corrected chi connectivity index (χ4v) is 4.61. The van der Waals surface area contributed by atoms with Gasteiger partial charge in [0.1, 0.15) is 10.8 Å². The van der Waals surface area contributed by atoms with Gasteiger partial charge in [0.15, 0.2) is 0 Å². The first-order chi connectivity index (χ1) is 9.70. The summed E-state index contributed by atoms with van der Waals surface area (Å²) < 4.78 is 14.8. The van der Waals surface area contributed by atoms with Crippen LogP contribution in [0.5, 0.6) is 0 Å². The molecule has 0 saturated heterocycles. The van der Waals surface area contributed by atoms with E-state index < -0.39 is 0 Å². The highest BCUT2D eigenvalue weighted by Crippen LogP contribution is 2.40. The predicted molar refractivity (Wildman–Crippen MR) is 84.6 cm³/mol. The number of nitrogens with one attached hydrogen (secondary N) is 1. The van der Waals surface area contributed by atoms with Crippen LogP contribution in [0.4, 0.5) is 4.39 Å². The molecule has 1 heterocycles. The van der Waals surface area contributed by atoms with Crippen molar-refractivity contribution in [2.45, 2.75) is 32.2 Å². The van der Waals surface area contributed by atoms with Crippen LogP contribution >= 0.6 is 27.3 Å². The Kier molecular flexibility index (Phi) is 4.19.